The Morgan fingerprint density at radius 3 is 2.60 bits per heavy atom. The number of anilines is 1. The number of rotatable bonds is 5. The summed E-state index contributed by atoms with van der Waals surface area (Å²) in [4.78, 5) is 16.4. The smallest absolute Gasteiger partial charge is 0.372 e. The van der Waals surface area contributed by atoms with Crippen LogP contribution in [0.25, 0.3) is 0 Å². The van der Waals surface area contributed by atoms with Crippen molar-refractivity contribution in [1.82, 2.24) is 9.88 Å². The first-order valence-electron chi connectivity index (χ1n) is 5.97. The zero-order valence-electron chi connectivity index (χ0n) is 11.1. The van der Waals surface area contributed by atoms with E-state index < -0.39 is 24.4 Å². The third kappa shape index (κ3) is 4.36. The summed E-state index contributed by atoms with van der Waals surface area (Å²) in [6.07, 6.45) is -3.26. The van der Waals surface area contributed by atoms with Crippen LogP contribution in [-0.2, 0) is 0 Å². The van der Waals surface area contributed by atoms with Gasteiger partial charge in [0.25, 0.3) is 5.91 Å². The molecule has 0 aliphatic heterocycles. The van der Waals surface area contributed by atoms with Crippen LogP contribution in [0.5, 0.6) is 0 Å². The van der Waals surface area contributed by atoms with Crippen molar-refractivity contribution in [3.63, 3.8) is 0 Å². The van der Waals surface area contributed by atoms with E-state index in [1.165, 1.54) is 7.05 Å². The lowest BCUT2D eigenvalue weighted by Crippen LogP contribution is -2.39. The molecule has 0 fully saturated rings. The third-order valence-corrected chi connectivity index (χ3v) is 2.47. The van der Waals surface area contributed by atoms with E-state index in [0.29, 0.717) is 11.3 Å². The van der Waals surface area contributed by atoms with Crippen LogP contribution in [0, 0.1) is 5.82 Å². The summed E-state index contributed by atoms with van der Waals surface area (Å²) < 4.78 is 50.6. The molecule has 0 aliphatic carbocycles. The summed E-state index contributed by atoms with van der Waals surface area (Å²) in [6.45, 7) is 0.205. The van der Waals surface area contributed by atoms with Gasteiger partial charge in [0, 0.05) is 13.6 Å². The topological polar surface area (TPSA) is 45.2 Å². The highest BCUT2D eigenvalue weighted by atomic mass is 19.4. The molecule has 0 unspecified atom stereocenters. The predicted molar refractivity (Wildman–Crippen MR) is 66.0 cm³/mol. The van der Waals surface area contributed by atoms with Gasteiger partial charge in [0.15, 0.2) is 0 Å². The molecule has 0 aliphatic rings. The standard InChI is InChI=1S/C12H15F4N3O/c1-3-4-19(7-12(14,15)16)11(20)9-5-8(13)6-18-10(9)17-2/h5-6H,3-4,7H2,1-2H3,(H,17,18). The number of nitrogens with one attached hydrogen (secondary N) is 1. The molecule has 1 rings (SSSR count). The Balaban J connectivity index is 3.08. The number of aromatic nitrogens is 1. The van der Waals surface area contributed by atoms with Gasteiger partial charge in [-0.1, -0.05) is 6.92 Å². The highest BCUT2D eigenvalue weighted by Crippen LogP contribution is 2.21. The van der Waals surface area contributed by atoms with Crippen LogP contribution in [0.2, 0.25) is 0 Å². The number of amides is 1. The Labute approximate surface area is 113 Å². The molecule has 0 bridgehead atoms. The first-order chi connectivity index (χ1) is 9.28. The lowest BCUT2D eigenvalue weighted by atomic mass is 10.2. The van der Waals surface area contributed by atoms with Crippen molar-refractivity contribution in [2.75, 3.05) is 25.5 Å². The Kier molecular flexibility index (Phi) is 5.29. The Morgan fingerprint density at radius 1 is 1.45 bits per heavy atom. The molecule has 0 saturated heterocycles. The summed E-state index contributed by atoms with van der Waals surface area (Å²) in [5.74, 6) is -1.64. The maximum Gasteiger partial charge on any atom is 0.406 e. The van der Waals surface area contributed by atoms with Crippen LogP contribution < -0.4 is 5.32 Å². The highest BCUT2D eigenvalue weighted by molar-refractivity contribution is 5.98. The largest absolute Gasteiger partial charge is 0.406 e. The molecule has 1 heterocycles. The van der Waals surface area contributed by atoms with E-state index >= 15 is 0 Å². The molecule has 1 aromatic rings. The normalized spacial score (nSPS) is 11.3. The maximum atomic E-state index is 13.1. The van der Waals surface area contributed by atoms with Gasteiger partial charge < -0.3 is 10.2 Å². The van der Waals surface area contributed by atoms with Crippen molar-refractivity contribution in [2.45, 2.75) is 19.5 Å². The van der Waals surface area contributed by atoms with Crippen molar-refractivity contribution in [3.05, 3.63) is 23.6 Å². The second-order valence-electron chi connectivity index (χ2n) is 4.14. The molecule has 0 atom stereocenters. The Morgan fingerprint density at radius 2 is 2.10 bits per heavy atom. The summed E-state index contributed by atoms with van der Waals surface area (Å²) >= 11 is 0. The number of alkyl halides is 3. The van der Waals surface area contributed by atoms with Crippen molar-refractivity contribution in [1.29, 1.82) is 0 Å². The molecule has 8 heteroatoms. The molecule has 1 N–H and O–H groups in total. The van der Waals surface area contributed by atoms with E-state index in [0.717, 1.165) is 12.3 Å². The minimum absolute atomic E-state index is 0.0414. The van der Waals surface area contributed by atoms with Crippen LogP contribution in [0.3, 0.4) is 0 Å². The van der Waals surface area contributed by atoms with Gasteiger partial charge in [-0.15, -0.1) is 0 Å². The van der Waals surface area contributed by atoms with Crippen LogP contribution in [-0.4, -0.2) is 42.1 Å². The van der Waals surface area contributed by atoms with Gasteiger partial charge in [0.05, 0.1) is 11.8 Å². The molecule has 1 amide bonds. The monoisotopic (exact) mass is 293 g/mol. The second-order valence-corrected chi connectivity index (χ2v) is 4.14. The second kappa shape index (κ2) is 6.53. The minimum atomic E-state index is -4.51. The van der Waals surface area contributed by atoms with Gasteiger partial charge in [-0.05, 0) is 12.5 Å². The number of hydrogen-bond donors (Lipinski definition) is 1. The molecule has 112 valence electrons. The van der Waals surface area contributed by atoms with Gasteiger partial charge >= 0.3 is 6.18 Å². The van der Waals surface area contributed by atoms with E-state index in [1.807, 2.05) is 0 Å². The summed E-state index contributed by atoms with van der Waals surface area (Å²) in [5, 5.41) is 2.56. The molecular formula is C12H15F4N3O. The van der Waals surface area contributed by atoms with Gasteiger partial charge in [0.2, 0.25) is 0 Å². The van der Waals surface area contributed by atoms with Crippen LogP contribution in [0.1, 0.15) is 23.7 Å². The molecule has 0 radical (unpaired) electrons. The van der Waals surface area contributed by atoms with Crippen molar-refractivity contribution in [3.8, 4) is 0 Å². The SMILES string of the molecule is CCCN(CC(F)(F)F)C(=O)c1cc(F)cnc1NC. The van der Waals surface area contributed by atoms with E-state index in [4.69, 9.17) is 0 Å². The number of hydrogen-bond acceptors (Lipinski definition) is 3. The summed E-state index contributed by atoms with van der Waals surface area (Å²) in [6, 6.07) is 0.875. The number of nitrogens with zero attached hydrogens (tertiary/aromatic N) is 2. The number of pyridine rings is 1. The first-order valence-corrected chi connectivity index (χ1v) is 5.97. The quantitative estimate of drug-likeness (QED) is 0.849. The first kappa shape index (κ1) is 16.2. The predicted octanol–water partition coefficient (Wildman–Crippen LogP) is 2.68. The van der Waals surface area contributed by atoms with Gasteiger partial charge in [-0.25, -0.2) is 9.37 Å². The molecule has 4 nitrogen and oxygen atoms in total. The Bertz CT molecular complexity index is 476. The van der Waals surface area contributed by atoms with Crippen LogP contribution >= 0.6 is 0 Å². The van der Waals surface area contributed by atoms with Crippen molar-refractivity contribution in [2.24, 2.45) is 0 Å². The van der Waals surface area contributed by atoms with Gasteiger partial charge in [-0.3, -0.25) is 4.79 Å². The average Bonchev–Trinajstić information content (AvgIpc) is 2.36. The Hall–Kier alpha value is -1.86. The van der Waals surface area contributed by atoms with E-state index in [1.54, 1.807) is 6.92 Å². The molecule has 0 saturated carbocycles. The number of carbonyl (C=O) groups is 1. The van der Waals surface area contributed by atoms with Gasteiger partial charge in [-0.2, -0.15) is 13.2 Å². The fourth-order valence-corrected chi connectivity index (χ4v) is 1.71. The molecule has 0 spiro atoms. The third-order valence-electron chi connectivity index (χ3n) is 2.47. The fraction of sp³-hybridized carbons (Fsp3) is 0.500. The van der Waals surface area contributed by atoms with Crippen LogP contribution in [0.15, 0.2) is 12.3 Å². The summed E-state index contributed by atoms with van der Waals surface area (Å²) in [7, 11) is 1.45. The van der Waals surface area contributed by atoms with E-state index in [2.05, 4.69) is 10.3 Å². The van der Waals surface area contributed by atoms with Crippen LogP contribution in [0.4, 0.5) is 23.4 Å². The number of carbonyl (C=O) groups excluding carboxylic acids is 1. The summed E-state index contributed by atoms with van der Waals surface area (Å²) in [5.41, 5.74) is -0.217. The van der Waals surface area contributed by atoms with Gasteiger partial charge in [0.1, 0.15) is 18.2 Å². The molecule has 0 aromatic carbocycles. The van der Waals surface area contributed by atoms with E-state index in [-0.39, 0.29) is 17.9 Å². The highest BCUT2D eigenvalue weighted by Gasteiger charge is 2.33. The minimum Gasteiger partial charge on any atom is -0.372 e. The average molecular weight is 293 g/mol. The van der Waals surface area contributed by atoms with Crippen molar-refractivity contribution < 1.29 is 22.4 Å². The zero-order valence-corrected chi connectivity index (χ0v) is 11.1. The fourth-order valence-electron chi connectivity index (χ4n) is 1.71. The molecule has 1 aromatic heterocycles. The molecular weight excluding hydrogens is 278 g/mol. The molecule has 20 heavy (non-hydrogen) atoms. The lowest BCUT2D eigenvalue weighted by Gasteiger charge is -2.24. The maximum absolute atomic E-state index is 13.1. The number of halogens is 4. The van der Waals surface area contributed by atoms with Crippen molar-refractivity contribution >= 4 is 11.7 Å². The zero-order chi connectivity index (χ0) is 15.3. The van der Waals surface area contributed by atoms with E-state index in [9.17, 15) is 22.4 Å². The lowest BCUT2D eigenvalue weighted by molar-refractivity contribution is -0.140.